The Hall–Kier alpha value is -0.0000000000000000555. The zero-order valence-electron chi connectivity index (χ0n) is 5.57. The summed E-state index contributed by atoms with van der Waals surface area (Å²) in [6.07, 6.45) is -3.73. The molecular formula is C5H8ClF3O2. The zero-order valence-corrected chi connectivity index (χ0v) is 6.32. The third-order valence-electron chi connectivity index (χ3n) is 0.735. The van der Waals surface area contributed by atoms with Crippen LogP contribution in [0.4, 0.5) is 13.2 Å². The highest BCUT2D eigenvalue weighted by Crippen LogP contribution is 2.08. The number of hydrogen-bond donors (Lipinski definition) is 1. The van der Waals surface area contributed by atoms with E-state index in [1.54, 1.807) is 0 Å². The third kappa shape index (κ3) is 10.0. The molecule has 0 saturated carbocycles. The summed E-state index contributed by atoms with van der Waals surface area (Å²) in [5.41, 5.74) is 0. The number of alkyl halides is 4. The maximum Gasteiger partial charge on any atom is 0.381 e. The third-order valence-corrected chi connectivity index (χ3v) is 1.08. The zero-order chi connectivity index (χ0) is 8.91. The lowest BCUT2D eigenvalue weighted by Gasteiger charge is -1.97. The lowest BCUT2D eigenvalue weighted by atomic mass is 10.6. The minimum Gasteiger partial charge on any atom is -0.372 e. The standard InChI is InChI=1S/C3H5ClO.C2H3F3O/c4-1-3-2-5-3;3-1-2(4,5)6/h3H,1-2H2;6H,1H2. The molecule has 11 heavy (non-hydrogen) atoms. The van der Waals surface area contributed by atoms with Crippen molar-refractivity contribution in [2.24, 2.45) is 0 Å². The molecule has 0 aromatic carbocycles. The molecule has 1 saturated heterocycles. The molecule has 68 valence electrons. The van der Waals surface area contributed by atoms with Crippen LogP contribution in [0, 0.1) is 0 Å². The van der Waals surface area contributed by atoms with E-state index in [1.165, 1.54) is 0 Å². The monoisotopic (exact) mass is 192 g/mol. The minimum absolute atomic E-state index is 0.400. The molecule has 0 amide bonds. The molecule has 2 nitrogen and oxygen atoms in total. The van der Waals surface area contributed by atoms with Gasteiger partial charge in [-0.3, -0.25) is 0 Å². The molecular weight excluding hydrogens is 184 g/mol. The van der Waals surface area contributed by atoms with Crippen LogP contribution in [-0.4, -0.2) is 36.5 Å². The Morgan fingerprint density at radius 2 is 2.00 bits per heavy atom. The second-order valence-electron chi connectivity index (χ2n) is 1.91. The van der Waals surface area contributed by atoms with E-state index in [-0.39, 0.29) is 0 Å². The van der Waals surface area contributed by atoms with Gasteiger partial charge in [0.25, 0.3) is 0 Å². The van der Waals surface area contributed by atoms with Crippen molar-refractivity contribution in [1.29, 1.82) is 0 Å². The van der Waals surface area contributed by atoms with Gasteiger partial charge in [0.05, 0.1) is 18.6 Å². The highest BCUT2D eigenvalue weighted by molar-refractivity contribution is 6.18. The van der Waals surface area contributed by atoms with Gasteiger partial charge in [-0.15, -0.1) is 11.6 Å². The Morgan fingerprint density at radius 3 is 2.00 bits per heavy atom. The van der Waals surface area contributed by atoms with Crippen LogP contribution in [-0.2, 0) is 4.74 Å². The Kier molecular flexibility index (Phi) is 4.79. The van der Waals surface area contributed by atoms with E-state index in [1.807, 2.05) is 0 Å². The fraction of sp³-hybridized carbons (Fsp3) is 1.00. The van der Waals surface area contributed by atoms with Crippen molar-refractivity contribution in [2.75, 3.05) is 19.2 Å². The maximum absolute atomic E-state index is 10.6. The molecule has 1 rings (SSSR count). The topological polar surface area (TPSA) is 32.8 Å². The van der Waals surface area contributed by atoms with Gasteiger partial charge in [0.15, 0.2) is 6.67 Å². The average Bonchev–Trinajstić information content (AvgIpc) is 2.69. The summed E-state index contributed by atoms with van der Waals surface area (Å²) in [4.78, 5) is 0. The molecule has 1 fully saturated rings. The fourth-order valence-electron chi connectivity index (χ4n) is 0.157. The number of hydrogen-bond acceptors (Lipinski definition) is 2. The first kappa shape index (κ1) is 11.0. The van der Waals surface area contributed by atoms with Crippen LogP contribution in [0.1, 0.15) is 0 Å². The summed E-state index contributed by atoms with van der Waals surface area (Å²) in [7, 11) is 0. The minimum atomic E-state index is -4.12. The van der Waals surface area contributed by atoms with Crippen molar-refractivity contribution in [2.45, 2.75) is 12.2 Å². The Morgan fingerprint density at radius 1 is 1.64 bits per heavy atom. The van der Waals surface area contributed by atoms with E-state index >= 15 is 0 Å². The predicted octanol–water partition coefficient (Wildman–Crippen LogP) is 1.17. The Bertz CT molecular complexity index is 102. The number of halogens is 4. The summed E-state index contributed by atoms with van der Waals surface area (Å²) in [6.45, 7) is -1.13. The Balaban J connectivity index is 0.000000183. The Labute approximate surface area is 66.9 Å². The van der Waals surface area contributed by atoms with Gasteiger partial charge in [0.2, 0.25) is 0 Å². The SMILES string of the molecule is ClCC1CO1.OC(F)(F)CF. The van der Waals surface area contributed by atoms with Crippen LogP contribution >= 0.6 is 11.6 Å². The number of aliphatic hydroxyl groups is 1. The molecule has 1 atom stereocenters. The molecule has 0 aromatic rings. The molecule has 1 aliphatic rings. The summed E-state index contributed by atoms with van der Waals surface area (Å²) >= 11 is 5.27. The average molecular weight is 193 g/mol. The molecule has 0 bridgehead atoms. The van der Waals surface area contributed by atoms with Gasteiger partial charge in [-0.2, -0.15) is 8.78 Å². The van der Waals surface area contributed by atoms with Gasteiger partial charge in [0, 0.05) is 0 Å². The van der Waals surface area contributed by atoms with Crippen LogP contribution in [0.5, 0.6) is 0 Å². The van der Waals surface area contributed by atoms with E-state index < -0.39 is 12.8 Å². The van der Waals surface area contributed by atoms with Crippen LogP contribution in [0.15, 0.2) is 0 Å². The number of rotatable bonds is 2. The van der Waals surface area contributed by atoms with Crippen molar-refractivity contribution in [1.82, 2.24) is 0 Å². The molecule has 0 spiro atoms. The van der Waals surface area contributed by atoms with E-state index in [2.05, 4.69) is 0 Å². The largest absolute Gasteiger partial charge is 0.381 e. The smallest absolute Gasteiger partial charge is 0.372 e. The van der Waals surface area contributed by atoms with Crippen molar-refractivity contribution in [3.63, 3.8) is 0 Å². The van der Waals surface area contributed by atoms with E-state index in [0.29, 0.717) is 12.0 Å². The predicted molar refractivity (Wildman–Crippen MR) is 33.6 cm³/mol. The highest BCUT2D eigenvalue weighted by Gasteiger charge is 2.22. The van der Waals surface area contributed by atoms with Gasteiger partial charge in [-0.1, -0.05) is 0 Å². The van der Waals surface area contributed by atoms with Gasteiger partial charge in [0.1, 0.15) is 0 Å². The molecule has 1 N–H and O–H groups in total. The normalized spacial score (nSPS) is 22.1. The van der Waals surface area contributed by atoms with Gasteiger partial charge in [-0.25, -0.2) is 4.39 Å². The first-order valence-corrected chi connectivity index (χ1v) is 3.37. The first-order valence-electron chi connectivity index (χ1n) is 2.83. The fourth-order valence-corrected chi connectivity index (χ4v) is 0.335. The summed E-state index contributed by atoms with van der Waals surface area (Å²) in [6, 6.07) is 0. The van der Waals surface area contributed by atoms with Gasteiger partial charge >= 0.3 is 6.11 Å². The second-order valence-corrected chi connectivity index (χ2v) is 2.22. The maximum atomic E-state index is 10.6. The summed E-state index contributed by atoms with van der Waals surface area (Å²) < 4.78 is 36.5. The van der Waals surface area contributed by atoms with Crippen LogP contribution in [0.3, 0.4) is 0 Å². The molecule has 6 heteroatoms. The van der Waals surface area contributed by atoms with E-state index in [0.717, 1.165) is 6.61 Å². The van der Waals surface area contributed by atoms with Crippen molar-refractivity contribution < 1.29 is 23.0 Å². The van der Waals surface area contributed by atoms with Crippen molar-refractivity contribution >= 4 is 11.6 Å². The first-order chi connectivity index (χ1) is 4.99. The van der Waals surface area contributed by atoms with E-state index in [9.17, 15) is 13.2 Å². The highest BCUT2D eigenvalue weighted by atomic mass is 35.5. The van der Waals surface area contributed by atoms with Crippen LogP contribution in [0.2, 0.25) is 0 Å². The van der Waals surface area contributed by atoms with Gasteiger partial charge < -0.3 is 9.84 Å². The second kappa shape index (κ2) is 4.79. The molecule has 1 aliphatic heterocycles. The molecule has 0 aliphatic carbocycles. The summed E-state index contributed by atoms with van der Waals surface area (Å²) in [5.74, 6) is 0.667. The number of epoxide rings is 1. The summed E-state index contributed by atoms with van der Waals surface area (Å²) in [5, 5.41) is 7.12. The quantitative estimate of drug-likeness (QED) is 0.526. The van der Waals surface area contributed by atoms with Gasteiger partial charge in [-0.05, 0) is 0 Å². The van der Waals surface area contributed by atoms with Crippen LogP contribution in [0.25, 0.3) is 0 Å². The van der Waals surface area contributed by atoms with E-state index in [4.69, 9.17) is 21.4 Å². The molecule has 1 unspecified atom stereocenters. The molecule has 0 radical (unpaired) electrons. The lowest BCUT2D eigenvalue weighted by Crippen LogP contribution is -2.15. The van der Waals surface area contributed by atoms with Crippen LogP contribution < -0.4 is 0 Å². The molecule has 0 aromatic heterocycles. The lowest BCUT2D eigenvalue weighted by molar-refractivity contribution is -0.208. The number of ether oxygens (including phenoxy) is 1. The van der Waals surface area contributed by atoms with Crippen molar-refractivity contribution in [3.8, 4) is 0 Å². The molecule has 1 heterocycles. The van der Waals surface area contributed by atoms with Crippen molar-refractivity contribution in [3.05, 3.63) is 0 Å².